The molecule has 1 fully saturated rings. The van der Waals surface area contributed by atoms with E-state index in [0.29, 0.717) is 35.9 Å². The molecule has 0 radical (unpaired) electrons. The fraction of sp³-hybridized carbons (Fsp3) is 0.474. The predicted molar refractivity (Wildman–Crippen MR) is 111 cm³/mol. The summed E-state index contributed by atoms with van der Waals surface area (Å²) < 4.78 is 0. The molecule has 1 aromatic carbocycles. The highest BCUT2D eigenvalue weighted by Crippen LogP contribution is 2.26. The summed E-state index contributed by atoms with van der Waals surface area (Å²) in [5.41, 5.74) is 0.784. The minimum absolute atomic E-state index is 0.120. The van der Waals surface area contributed by atoms with Gasteiger partial charge in [-0.1, -0.05) is 43.1 Å². The van der Waals surface area contributed by atoms with Crippen LogP contribution >= 0.6 is 11.6 Å². The van der Waals surface area contributed by atoms with Crippen LogP contribution in [-0.4, -0.2) is 34.5 Å². The van der Waals surface area contributed by atoms with Gasteiger partial charge in [0, 0.05) is 18.1 Å². The molecule has 28 heavy (non-hydrogen) atoms. The van der Waals surface area contributed by atoms with Gasteiger partial charge in [0.1, 0.15) is 6.20 Å². The molecular weight excluding hydrogens is 380 g/mol. The molecule has 0 saturated carbocycles. The molecular formula is C19H25ClN6O2. The van der Waals surface area contributed by atoms with E-state index >= 15 is 0 Å². The van der Waals surface area contributed by atoms with Gasteiger partial charge in [-0.25, -0.2) is 4.98 Å². The Kier molecular flexibility index (Phi) is 7.00. The molecule has 8 nitrogen and oxygen atoms in total. The summed E-state index contributed by atoms with van der Waals surface area (Å²) in [7, 11) is 0. The van der Waals surface area contributed by atoms with E-state index < -0.39 is 4.92 Å². The van der Waals surface area contributed by atoms with E-state index in [1.807, 2.05) is 24.3 Å². The second-order valence-corrected chi connectivity index (χ2v) is 7.34. The lowest BCUT2D eigenvalue weighted by Crippen LogP contribution is -2.39. The van der Waals surface area contributed by atoms with Crippen molar-refractivity contribution in [1.29, 1.82) is 0 Å². The Morgan fingerprint density at radius 2 is 2.14 bits per heavy atom. The Labute approximate surface area is 169 Å². The van der Waals surface area contributed by atoms with Gasteiger partial charge in [-0.3, -0.25) is 10.1 Å². The third-order valence-corrected chi connectivity index (χ3v) is 5.55. The van der Waals surface area contributed by atoms with Gasteiger partial charge >= 0.3 is 5.69 Å². The fourth-order valence-electron chi connectivity index (χ4n) is 3.49. The van der Waals surface area contributed by atoms with Crippen LogP contribution in [0.15, 0.2) is 30.5 Å². The summed E-state index contributed by atoms with van der Waals surface area (Å²) in [6, 6.07) is 7.48. The number of hydrogen-bond donors (Lipinski definition) is 3. The summed E-state index contributed by atoms with van der Waals surface area (Å²) in [5, 5.41) is 21.7. The lowest BCUT2D eigenvalue weighted by atomic mass is 9.84. The zero-order valence-corrected chi connectivity index (χ0v) is 16.6. The van der Waals surface area contributed by atoms with Crippen LogP contribution in [0.3, 0.4) is 0 Å². The molecule has 0 bridgehead atoms. The normalized spacial score (nSPS) is 19.2. The Morgan fingerprint density at radius 3 is 2.89 bits per heavy atom. The van der Waals surface area contributed by atoms with Crippen LogP contribution in [0.1, 0.15) is 25.3 Å². The van der Waals surface area contributed by atoms with Gasteiger partial charge in [-0.15, -0.1) is 0 Å². The number of piperidine rings is 1. The van der Waals surface area contributed by atoms with E-state index in [-0.39, 0.29) is 11.5 Å². The Morgan fingerprint density at radius 1 is 1.32 bits per heavy atom. The number of benzene rings is 1. The minimum atomic E-state index is -0.458. The molecule has 0 spiro atoms. The molecule has 3 rings (SSSR count). The minimum Gasteiger partial charge on any atom is -0.364 e. The van der Waals surface area contributed by atoms with Gasteiger partial charge in [-0.05, 0) is 43.0 Å². The molecule has 2 unspecified atom stereocenters. The number of nitrogens with zero attached hydrogens (tertiary/aromatic N) is 3. The van der Waals surface area contributed by atoms with Crippen LogP contribution in [-0.2, 0) is 6.54 Å². The van der Waals surface area contributed by atoms with E-state index in [0.717, 1.165) is 31.5 Å². The van der Waals surface area contributed by atoms with Gasteiger partial charge in [-0.2, -0.15) is 4.98 Å². The topological polar surface area (TPSA) is 105 Å². The maximum atomic E-state index is 11.4. The average Bonchev–Trinajstić information content (AvgIpc) is 2.71. The van der Waals surface area contributed by atoms with Crippen molar-refractivity contribution in [3.8, 4) is 0 Å². The smallest absolute Gasteiger partial charge is 0.329 e. The Hall–Kier alpha value is -2.45. The first-order chi connectivity index (χ1) is 13.6. The number of nitro groups is 1. The van der Waals surface area contributed by atoms with Gasteiger partial charge in [0.05, 0.1) is 4.92 Å². The number of hydrogen-bond acceptors (Lipinski definition) is 7. The van der Waals surface area contributed by atoms with Crippen LogP contribution in [0, 0.1) is 22.0 Å². The number of halogens is 1. The summed E-state index contributed by atoms with van der Waals surface area (Å²) in [6.45, 7) is 5.22. The van der Waals surface area contributed by atoms with E-state index in [9.17, 15) is 10.1 Å². The van der Waals surface area contributed by atoms with Crippen molar-refractivity contribution in [3.63, 3.8) is 0 Å². The largest absolute Gasteiger partial charge is 0.364 e. The zero-order valence-electron chi connectivity index (χ0n) is 15.8. The molecule has 2 atom stereocenters. The fourth-order valence-corrected chi connectivity index (χ4v) is 3.69. The van der Waals surface area contributed by atoms with Gasteiger partial charge < -0.3 is 16.0 Å². The van der Waals surface area contributed by atoms with Crippen molar-refractivity contribution < 1.29 is 4.92 Å². The molecule has 0 aliphatic carbocycles. The molecule has 9 heteroatoms. The van der Waals surface area contributed by atoms with Crippen molar-refractivity contribution in [2.45, 2.75) is 26.3 Å². The number of rotatable bonds is 8. The van der Waals surface area contributed by atoms with Crippen LogP contribution in [0.5, 0.6) is 0 Å². The van der Waals surface area contributed by atoms with Gasteiger partial charge in [0.25, 0.3) is 0 Å². The van der Waals surface area contributed by atoms with E-state index in [2.05, 4.69) is 32.8 Å². The highest BCUT2D eigenvalue weighted by molar-refractivity contribution is 6.31. The molecule has 2 aromatic rings. The molecule has 2 heterocycles. The average molecular weight is 405 g/mol. The summed E-state index contributed by atoms with van der Waals surface area (Å²) in [6.07, 6.45) is 3.36. The lowest BCUT2D eigenvalue weighted by molar-refractivity contribution is -0.384. The second-order valence-electron chi connectivity index (χ2n) is 6.93. The molecule has 3 N–H and O–H groups in total. The molecule has 1 aromatic heterocycles. The highest BCUT2D eigenvalue weighted by atomic mass is 35.5. The van der Waals surface area contributed by atoms with Crippen LogP contribution in [0.2, 0.25) is 5.02 Å². The molecule has 1 aliphatic rings. The first kappa shape index (κ1) is 20.3. The third kappa shape index (κ3) is 5.08. The monoisotopic (exact) mass is 404 g/mol. The van der Waals surface area contributed by atoms with Crippen LogP contribution in [0.4, 0.5) is 17.5 Å². The standard InChI is InChI=1S/C19H25ClN6O2/c1-2-13-9-21-8-7-14(13)10-22-18-17(26(27)28)12-24-19(25-18)23-11-15-5-3-4-6-16(15)20/h3-6,12-14,21H,2,7-11H2,1H3,(H2,22,23,24,25). The first-order valence-electron chi connectivity index (χ1n) is 9.51. The van der Waals surface area contributed by atoms with Crippen LogP contribution < -0.4 is 16.0 Å². The maximum absolute atomic E-state index is 11.4. The SMILES string of the molecule is CCC1CNCCC1CNc1nc(NCc2ccccc2Cl)ncc1[N+](=O)[O-]. The van der Waals surface area contributed by atoms with Gasteiger partial charge in [0.2, 0.25) is 11.8 Å². The van der Waals surface area contributed by atoms with Crippen molar-refractivity contribution in [1.82, 2.24) is 15.3 Å². The number of anilines is 2. The summed E-state index contributed by atoms with van der Waals surface area (Å²) >= 11 is 6.16. The summed E-state index contributed by atoms with van der Waals surface area (Å²) in [4.78, 5) is 19.3. The van der Waals surface area contributed by atoms with Gasteiger partial charge in [0.15, 0.2) is 0 Å². The lowest BCUT2D eigenvalue weighted by Gasteiger charge is -2.31. The quantitative estimate of drug-likeness (QED) is 0.455. The van der Waals surface area contributed by atoms with Crippen molar-refractivity contribution in [2.24, 2.45) is 11.8 Å². The first-order valence-corrected chi connectivity index (χ1v) is 9.89. The van der Waals surface area contributed by atoms with Crippen molar-refractivity contribution >= 4 is 29.1 Å². The van der Waals surface area contributed by atoms with Crippen molar-refractivity contribution in [2.75, 3.05) is 30.3 Å². The zero-order chi connectivity index (χ0) is 19.9. The van der Waals surface area contributed by atoms with Crippen LogP contribution in [0.25, 0.3) is 0 Å². The van der Waals surface area contributed by atoms with E-state index in [1.165, 1.54) is 6.20 Å². The summed E-state index contributed by atoms with van der Waals surface area (Å²) in [5.74, 6) is 1.58. The number of nitrogens with one attached hydrogen (secondary N) is 3. The Bertz CT molecular complexity index is 819. The predicted octanol–water partition coefficient (Wildman–Crippen LogP) is 3.70. The highest BCUT2D eigenvalue weighted by Gasteiger charge is 2.25. The third-order valence-electron chi connectivity index (χ3n) is 5.18. The Balaban J connectivity index is 1.70. The molecule has 1 saturated heterocycles. The molecule has 150 valence electrons. The van der Waals surface area contributed by atoms with E-state index in [1.54, 1.807) is 0 Å². The molecule has 0 amide bonds. The molecule has 1 aliphatic heterocycles. The maximum Gasteiger partial charge on any atom is 0.329 e. The van der Waals surface area contributed by atoms with E-state index in [4.69, 9.17) is 11.6 Å². The number of aromatic nitrogens is 2. The second kappa shape index (κ2) is 9.66. The van der Waals surface area contributed by atoms with Crippen molar-refractivity contribution in [3.05, 3.63) is 51.2 Å².